The van der Waals surface area contributed by atoms with E-state index in [1.165, 1.54) is 18.7 Å². The van der Waals surface area contributed by atoms with Gasteiger partial charge in [-0.15, -0.1) is 0 Å². The average molecular weight is 231 g/mol. The van der Waals surface area contributed by atoms with Gasteiger partial charge in [-0.2, -0.15) is 0 Å². The summed E-state index contributed by atoms with van der Waals surface area (Å²) in [5.74, 6) is 0.0172. The zero-order valence-corrected chi connectivity index (χ0v) is 9.44. The van der Waals surface area contributed by atoms with E-state index in [4.69, 9.17) is 0 Å². The maximum absolute atomic E-state index is 11.0. The lowest BCUT2D eigenvalue weighted by Gasteiger charge is -1.99. The zero-order valence-electron chi connectivity index (χ0n) is 8.62. The molecule has 80 valence electrons. The van der Waals surface area contributed by atoms with Crippen LogP contribution < -0.4 is 0 Å². The SMILES string of the molecule is CC(=O)c1ccc(Sc2cnccn2)nc1. The molecule has 0 aliphatic heterocycles. The maximum atomic E-state index is 11.0. The summed E-state index contributed by atoms with van der Waals surface area (Å²) in [6, 6.07) is 3.56. The smallest absolute Gasteiger partial charge is 0.161 e. The molecule has 0 N–H and O–H groups in total. The summed E-state index contributed by atoms with van der Waals surface area (Å²) in [7, 11) is 0. The van der Waals surface area contributed by atoms with Crippen LogP contribution in [0.4, 0.5) is 0 Å². The van der Waals surface area contributed by atoms with Crippen LogP contribution in [0.3, 0.4) is 0 Å². The van der Waals surface area contributed by atoms with E-state index in [9.17, 15) is 4.79 Å². The Morgan fingerprint density at radius 2 is 2.00 bits per heavy atom. The quantitative estimate of drug-likeness (QED) is 0.758. The molecule has 0 amide bonds. The van der Waals surface area contributed by atoms with Gasteiger partial charge < -0.3 is 0 Å². The van der Waals surface area contributed by atoms with E-state index < -0.39 is 0 Å². The van der Waals surface area contributed by atoms with E-state index in [1.807, 2.05) is 0 Å². The van der Waals surface area contributed by atoms with Crippen molar-refractivity contribution in [1.29, 1.82) is 0 Å². The van der Waals surface area contributed by atoms with Crippen LogP contribution in [0.1, 0.15) is 17.3 Å². The van der Waals surface area contributed by atoms with E-state index in [-0.39, 0.29) is 5.78 Å². The summed E-state index contributed by atoms with van der Waals surface area (Å²) < 4.78 is 0. The second-order valence-corrected chi connectivity index (χ2v) is 4.13. The number of pyridine rings is 1. The molecule has 2 aromatic rings. The Bertz CT molecular complexity index is 484. The van der Waals surface area contributed by atoms with Gasteiger partial charge in [0.2, 0.25) is 0 Å². The summed E-state index contributed by atoms with van der Waals surface area (Å²) in [5.41, 5.74) is 0.614. The Morgan fingerprint density at radius 3 is 2.56 bits per heavy atom. The molecule has 2 aromatic heterocycles. The lowest BCUT2D eigenvalue weighted by molar-refractivity contribution is 0.101. The highest BCUT2D eigenvalue weighted by Crippen LogP contribution is 2.22. The normalized spacial score (nSPS) is 10.1. The van der Waals surface area contributed by atoms with Crippen LogP contribution in [0.2, 0.25) is 0 Å². The number of rotatable bonds is 3. The molecule has 0 bridgehead atoms. The van der Waals surface area contributed by atoms with Gasteiger partial charge in [0.1, 0.15) is 10.1 Å². The van der Waals surface area contributed by atoms with Crippen molar-refractivity contribution in [3.05, 3.63) is 42.5 Å². The molecule has 0 unspecified atom stereocenters. The van der Waals surface area contributed by atoms with Gasteiger partial charge in [0.15, 0.2) is 5.78 Å². The predicted octanol–water partition coefficient (Wildman–Crippen LogP) is 2.23. The highest BCUT2D eigenvalue weighted by molar-refractivity contribution is 7.99. The Kier molecular flexibility index (Phi) is 3.26. The highest BCUT2D eigenvalue weighted by Gasteiger charge is 2.02. The second-order valence-electron chi connectivity index (χ2n) is 3.09. The van der Waals surface area contributed by atoms with Gasteiger partial charge in [0.25, 0.3) is 0 Å². The number of hydrogen-bond donors (Lipinski definition) is 0. The van der Waals surface area contributed by atoms with Gasteiger partial charge >= 0.3 is 0 Å². The summed E-state index contributed by atoms with van der Waals surface area (Å²) in [6.45, 7) is 1.52. The number of carbonyl (C=O) groups is 1. The van der Waals surface area contributed by atoms with Crippen LogP contribution in [0.15, 0.2) is 47.0 Å². The van der Waals surface area contributed by atoms with Crippen LogP contribution in [0.5, 0.6) is 0 Å². The number of aromatic nitrogens is 3. The van der Waals surface area contributed by atoms with Crippen LogP contribution in [-0.4, -0.2) is 20.7 Å². The first kappa shape index (κ1) is 10.8. The van der Waals surface area contributed by atoms with Gasteiger partial charge in [-0.3, -0.25) is 9.78 Å². The van der Waals surface area contributed by atoms with Crippen molar-refractivity contribution < 1.29 is 4.79 Å². The summed E-state index contributed by atoms with van der Waals surface area (Å²) in [4.78, 5) is 23.3. The van der Waals surface area contributed by atoms with E-state index in [0.717, 1.165) is 10.1 Å². The Morgan fingerprint density at radius 1 is 1.12 bits per heavy atom. The average Bonchev–Trinajstić information content (AvgIpc) is 2.31. The lowest BCUT2D eigenvalue weighted by atomic mass is 10.2. The van der Waals surface area contributed by atoms with Crippen molar-refractivity contribution >= 4 is 17.5 Å². The van der Waals surface area contributed by atoms with Crippen molar-refractivity contribution in [2.24, 2.45) is 0 Å². The summed E-state index contributed by atoms with van der Waals surface area (Å²) in [5, 5.41) is 1.58. The highest BCUT2D eigenvalue weighted by atomic mass is 32.2. The molecule has 0 fully saturated rings. The van der Waals surface area contributed by atoms with Gasteiger partial charge in [-0.1, -0.05) is 0 Å². The molecular weight excluding hydrogens is 222 g/mol. The van der Waals surface area contributed by atoms with Crippen molar-refractivity contribution in [3.8, 4) is 0 Å². The van der Waals surface area contributed by atoms with Crippen molar-refractivity contribution in [2.45, 2.75) is 17.0 Å². The fraction of sp³-hybridized carbons (Fsp3) is 0.0909. The largest absolute Gasteiger partial charge is 0.294 e. The van der Waals surface area contributed by atoms with Crippen molar-refractivity contribution in [1.82, 2.24) is 15.0 Å². The molecule has 0 saturated heterocycles. The topological polar surface area (TPSA) is 55.7 Å². The minimum atomic E-state index is 0.0172. The maximum Gasteiger partial charge on any atom is 0.161 e. The predicted molar refractivity (Wildman–Crippen MR) is 60.4 cm³/mol. The number of carbonyl (C=O) groups excluding carboxylic acids is 1. The third-order valence-corrected chi connectivity index (χ3v) is 2.76. The number of Topliss-reactive ketones (excluding diaryl/α,β-unsaturated/α-hetero) is 1. The fourth-order valence-corrected chi connectivity index (χ4v) is 1.78. The van der Waals surface area contributed by atoms with Gasteiger partial charge in [-0.05, 0) is 30.8 Å². The number of hydrogen-bond acceptors (Lipinski definition) is 5. The molecule has 2 heterocycles. The third-order valence-electron chi connectivity index (χ3n) is 1.89. The molecule has 0 aromatic carbocycles. The molecule has 16 heavy (non-hydrogen) atoms. The molecule has 0 atom stereocenters. The molecule has 0 spiro atoms. The molecule has 2 rings (SSSR count). The monoisotopic (exact) mass is 231 g/mol. The minimum absolute atomic E-state index is 0.0172. The van der Waals surface area contributed by atoms with Crippen molar-refractivity contribution in [2.75, 3.05) is 0 Å². The molecule has 5 heteroatoms. The second kappa shape index (κ2) is 4.85. The van der Waals surface area contributed by atoms with Crippen LogP contribution >= 0.6 is 11.8 Å². The molecular formula is C11H9N3OS. The molecule has 0 radical (unpaired) electrons. The van der Waals surface area contributed by atoms with E-state index in [1.54, 1.807) is 36.9 Å². The molecule has 0 saturated carbocycles. The summed E-state index contributed by atoms with van der Waals surface area (Å²) in [6.07, 6.45) is 6.49. The van der Waals surface area contributed by atoms with Crippen LogP contribution in [0.25, 0.3) is 0 Å². The zero-order chi connectivity index (χ0) is 11.4. The van der Waals surface area contributed by atoms with Crippen LogP contribution in [0, 0.1) is 0 Å². The van der Waals surface area contributed by atoms with Gasteiger partial charge in [0, 0.05) is 24.2 Å². The Balaban J connectivity index is 2.14. The molecule has 0 aliphatic rings. The van der Waals surface area contributed by atoms with E-state index in [0.29, 0.717) is 5.56 Å². The van der Waals surface area contributed by atoms with Crippen LogP contribution in [-0.2, 0) is 0 Å². The van der Waals surface area contributed by atoms with E-state index in [2.05, 4.69) is 15.0 Å². The molecule has 4 nitrogen and oxygen atoms in total. The van der Waals surface area contributed by atoms with Crippen molar-refractivity contribution in [3.63, 3.8) is 0 Å². The fourth-order valence-electron chi connectivity index (χ4n) is 1.09. The molecule has 0 aliphatic carbocycles. The third kappa shape index (κ3) is 2.64. The summed E-state index contributed by atoms with van der Waals surface area (Å²) >= 11 is 1.41. The van der Waals surface area contributed by atoms with Gasteiger partial charge in [0.05, 0.1) is 6.20 Å². The first-order valence-corrected chi connectivity index (χ1v) is 5.48. The Labute approximate surface area is 97.2 Å². The standard InChI is InChI=1S/C11H9N3OS/c1-8(15)9-2-3-10(14-6-9)16-11-7-12-4-5-13-11/h2-7H,1H3. The first-order valence-electron chi connectivity index (χ1n) is 4.66. The number of ketones is 1. The first-order chi connectivity index (χ1) is 7.75. The number of nitrogens with zero attached hydrogens (tertiary/aromatic N) is 3. The van der Waals surface area contributed by atoms with E-state index >= 15 is 0 Å². The van der Waals surface area contributed by atoms with Gasteiger partial charge in [-0.25, -0.2) is 9.97 Å². The lowest BCUT2D eigenvalue weighted by Crippen LogP contribution is -1.93. The Hall–Kier alpha value is -1.75. The minimum Gasteiger partial charge on any atom is -0.294 e.